The van der Waals surface area contributed by atoms with Crippen LogP contribution in [0.5, 0.6) is 5.75 Å². The van der Waals surface area contributed by atoms with Crippen LogP contribution in [0.15, 0.2) is 48.7 Å². The zero-order chi connectivity index (χ0) is 16.2. The van der Waals surface area contributed by atoms with E-state index in [9.17, 15) is 4.79 Å². The number of hydrogen-bond donors (Lipinski definition) is 1. The molecular formula is C18H21N3O2. The summed E-state index contributed by atoms with van der Waals surface area (Å²) in [6.07, 6.45) is 3.86. The summed E-state index contributed by atoms with van der Waals surface area (Å²) in [4.78, 5) is 19.0. The van der Waals surface area contributed by atoms with E-state index in [0.717, 1.165) is 30.0 Å². The molecule has 5 nitrogen and oxygen atoms in total. The number of carbonyl (C=O) groups is 1. The first-order chi connectivity index (χ1) is 11.2. The molecule has 1 heterocycles. The van der Waals surface area contributed by atoms with E-state index in [-0.39, 0.29) is 12.1 Å². The lowest BCUT2D eigenvalue weighted by molar-refractivity contribution is 0.187. The Hall–Kier alpha value is -2.56. The SMILES string of the molecule is COc1ccc(NC(=O)N(C2CC2)C(C)c2ccccn2)cc1. The molecule has 0 aliphatic heterocycles. The second-order valence-corrected chi connectivity index (χ2v) is 5.73. The molecule has 1 saturated carbocycles. The van der Waals surface area contributed by atoms with Gasteiger partial charge < -0.3 is 15.0 Å². The van der Waals surface area contributed by atoms with Crippen molar-refractivity contribution in [2.75, 3.05) is 12.4 Å². The Morgan fingerprint density at radius 3 is 2.57 bits per heavy atom. The molecule has 1 fully saturated rings. The fraction of sp³-hybridized carbons (Fsp3) is 0.333. The van der Waals surface area contributed by atoms with Gasteiger partial charge in [-0.05, 0) is 56.2 Å². The molecule has 0 saturated heterocycles. The Bertz CT molecular complexity index is 654. The summed E-state index contributed by atoms with van der Waals surface area (Å²) in [5.74, 6) is 0.768. The summed E-state index contributed by atoms with van der Waals surface area (Å²) in [7, 11) is 1.62. The highest BCUT2D eigenvalue weighted by Crippen LogP contribution is 2.34. The van der Waals surface area contributed by atoms with Gasteiger partial charge in [-0.3, -0.25) is 4.98 Å². The van der Waals surface area contributed by atoms with Crippen molar-refractivity contribution in [2.45, 2.75) is 31.8 Å². The third kappa shape index (κ3) is 3.62. The van der Waals surface area contributed by atoms with Gasteiger partial charge in [-0.1, -0.05) is 6.07 Å². The molecule has 2 aromatic rings. The molecule has 5 heteroatoms. The van der Waals surface area contributed by atoms with Crippen molar-refractivity contribution in [1.29, 1.82) is 0 Å². The van der Waals surface area contributed by atoms with Crippen LogP contribution in [0.4, 0.5) is 10.5 Å². The van der Waals surface area contributed by atoms with Gasteiger partial charge in [0.05, 0.1) is 18.8 Å². The number of rotatable bonds is 5. The number of pyridine rings is 1. The van der Waals surface area contributed by atoms with Crippen molar-refractivity contribution in [1.82, 2.24) is 9.88 Å². The van der Waals surface area contributed by atoms with Gasteiger partial charge in [0.2, 0.25) is 0 Å². The molecule has 2 amide bonds. The number of hydrogen-bond acceptors (Lipinski definition) is 3. The van der Waals surface area contributed by atoms with Crippen LogP contribution in [0.3, 0.4) is 0 Å². The zero-order valence-corrected chi connectivity index (χ0v) is 13.4. The molecule has 1 aliphatic carbocycles. The number of carbonyl (C=O) groups excluding carboxylic acids is 1. The van der Waals surface area contributed by atoms with Crippen molar-refractivity contribution in [3.63, 3.8) is 0 Å². The number of nitrogens with zero attached hydrogens (tertiary/aromatic N) is 2. The normalized spacial score (nSPS) is 14.9. The molecule has 1 unspecified atom stereocenters. The van der Waals surface area contributed by atoms with Crippen LogP contribution >= 0.6 is 0 Å². The van der Waals surface area contributed by atoms with Gasteiger partial charge in [0.25, 0.3) is 0 Å². The molecule has 3 rings (SSSR count). The van der Waals surface area contributed by atoms with Crippen molar-refractivity contribution in [3.8, 4) is 5.75 Å². The molecule has 0 spiro atoms. The maximum absolute atomic E-state index is 12.7. The van der Waals surface area contributed by atoms with Crippen molar-refractivity contribution < 1.29 is 9.53 Å². The average molecular weight is 311 g/mol. The van der Waals surface area contributed by atoms with Gasteiger partial charge in [-0.2, -0.15) is 0 Å². The molecule has 0 radical (unpaired) electrons. The van der Waals surface area contributed by atoms with Crippen LogP contribution in [0, 0.1) is 0 Å². The Labute approximate surface area is 136 Å². The molecular weight excluding hydrogens is 290 g/mol. The largest absolute Gasteiger partial charge is 0.497 e. The second-order valence-electron chi connectivity index (χ2n) is 5.73. The predicted octanol–water partition coefficient (Wildman–Crippen LogP) is 3.85. The topological polar surface area (TPSA) is 54.5 Å². The van der Waals surface area contributed by atoms with Gasteiger partial charge in [-0.25, -0.2) is 4.79 Å². The first-order valence-electron chi connectivity index (χ1n) is 7.83. The number of benzene rings is 1. The Morgan fingerprint density at radius 1 is 1.26 bits per heavy atom. The van der Waals surface area contributed by atoms with E-state index >= 15 is 0 Å². The highest BCUT2D eigenvalue weighted by atomic mass is 16.5. The summed E-state index contributed by atoms with van der Waals surface area (Å²) in [5, 5.41) is 2.97. The molecule has 1 N–H and O–H groups in total. The molecule has 1 atom stereocenters. The first kappa shape index (κ1) is 15.3. The third-order valence-corrected chi connectivity index (χ3v) is 4.05. The highest BCUT2D eigenvalue weighted by Gasteiger charge is 2.36. The van der Waals surface area contributed by atoms with Gasteiger partial charge >= 0.3 is 6.03 Å². The number of anilines is 1. The van der Waals surface area contributed by atoms with Gasteiger partial charge in [0.15, 0.2) is 0 Å². The Balaban J connectivity index is 1.74. The van der Waals surface area contributed by atoms with Crippen LogP contribution in [0.1, 0.15) is 31.5 Å². The molecule has 1 aromatic carbocycles. The minimum atomic E-state index is -0.0872. The molecule has 1 aromatic heterocycles. The van der Waals surface area contributed by atoms with E-state index in [1.165, 1.54) is 0 Å². The number of amides is 2. The van der Waals surface area contributed by atoms with E-state index in [1.54, 1.807) is 13.3 Å². The predicted molar refractivity (Wildman–Crippen MR) is 89.5 cm³/mol. The molecule has 0 bridgehead atoms. The summed E-state index contributed by atoms with van der Waals surface area (Å²) in [6.45, 7) is 2.02. The number of urea groups is 1. The van der Waals surface area contributed by atoms with Gasteiger partial charge in [0, 0.05) is 17.9 Å². The third-order valence-electron chi connectivity index (χ3n) is 4.05. The number of methoxy groups -OCH3 is 1. The summed E-state index contributed by atoms with van der Waals surface area (Å²) < 4.78 is 5.13. The van der Waals surface area contributed by atoms with Gasteiger partial charge in [0.1, 0.15) is 5.75 Å². The average Bonchev–Trinajstić information content (AvgIpc) is 3.41. The highest BCUT2D eigenvalue weighted by molar-refractivity contribution is 5.90. The Kier molecular flexibility index (Phi) is 4.46. The van der Waals surface area contributed by atoms with E-state index in [1.807, 2.05) is 54.3 Å². The lowest BCUT2D eigenvalue weighted by Crippen LogP contribution is -2.39. The lowest BCUT2D eigenvalue weighted by atomic mass is 10.2. The quantitative estimate of drug-likeness (QED) is 0.912. The van der Waals surface area contributed by atoms with Crippen LogP contribution in [-0.4, -0.2) is 29.1 Å². The van der Waals surface area contributed by atoms with Crippen LogP contribution in [-0.2, 0) is 0 Å². The monoisotopic (exact) mass is 311 g/mol. The van der Waals surface area contributed by atoms with E-state index < -0.39 is 0 Å². The maximum atomic E-state index is 12.7. The first-order valence-corrected chi connectivity index (χ1v) is 7.83. The fourth-order valence-electron chi connectivity index (χ4n) is 2.64. The molecule has 23 heavy (non-hydrogen) atoms. The molecule has 1 aliphatic rings. The van der Waals surface area contributed by atoms with Crippen LogP contribution in [0.2, 0.25) is 0 Å². The number of nitrogens with one attached hydrogen (secondary N) is 1. The number of ether oxygens (including phenoxy) is 1. The van der Waals surface area contributed by atoms with Gasteiger partial charge in [-0.15, -0.1) is 0 Å². The smallest absolute Gasteiger partial charge is 0.322 e. The molecule has 120 valence electrons. The van der Waals surface area contributed by atoms with Crippen LogP contribution < -0.4 is 10.1 Å². The van der Waals surface area contributed by atoms with Crippen molar-refractivity contribution >= 4 is 11.7 Å². The zero-order valence-electron chi connectivity index (χ0n) is 13.4. The minimum absolute atomic E-state index is 0.0538. The van der Waals surface area contributed by atoms with E-state index in [2.05, 4.69) is 10.3 Å². The number of aromatic nitrogens is 1. The summed E-state index contributed by atoms with van der Waals surface area (Å²) in [5.41, 5.74) is 1.67. The standard InChI is InChI=1S/C18H21N3O2/c1-13(17-5-3-4-12-19-17)21(15-8-9-15)18(22)20-14-6-10-16(23-2)11-7-14/h3-7,10-13,15H,8-9H2,1-2H3,(H,20,22). The van der Waals surface area contributed by atoms with E-state index in [0.29, 0.717) is 6.04 Å². The Morgan fingerprint density at radius 2 is 2.00 bits per heavy atom. The summed E-state index contributed by atoms with van der Waals surface area (Å²) >= 11 is 0. The minimum Gasteiger partial charge on any atom is -0.497 e. The maximum Gasteiger partial charge on any atom is 0.322 e. The van der Waals surface area contributed by atoms with Crippen LogP contribution in [0.25, 0.3) is 0 Å². The van der Waals surface area contributed by atoms with Crippen molar-refractivity contribution in [2.24, 2.45) is 0 Å². The van der Waals surface area contributed by atoms with Crippen molar-refractivity contribution in [3.05, 3.63) is 54.4 Å². The summed E-state index contributed by atoms with van der Waals surface area (Å²) in [6, 6.07) is 13.3. The lowest BCUT2D eigenvalue weighted by Gasteiger charge is -2.29. The fourth-order valence-corrected chi connectivity index (χ4v) is 2.64. The second kappa shape index (κ2) is 6.69. The van der Waals surface area contributed by atoms with E-state index in [4.69, 9.17) is 4.74 Å².